The molecule has 1 amide bonds. The number of hydrogen-bond donors (Lipinski definition) is 6. The number of aliphatic hydroxyl groups is 2. The number of phenolic OH excluding ortho intramolecular Hbond substituents is 1. The van der Waals surface area contributed by atoms with Crippen molar-refractivity contribution in [1.29, 1.82) is 5.26 Å². The van der Waals surface area contributed by atoms with Crippen LogP contribution < -0.4 is 25.3 Å². The molecule has 0 aromatic heterocycles. The lowest BCUT2D eigenvalue weighted by Gasteiger charge is -2.14. The minimum Gasteiger partial charge on any atom is -0.508 e. The number of hydrogen-bond acceptors (Lipinski definition) is 10. The molecule has 7 N–H and O–H groups in total. The molecule has 0 aliphatic rings. The maximum absolute atomic E-state index is 10.8. The van der Waals surface area contributed by atoms with Crippen molar-refractivity contribution in [2.24, 2.45) is 10.9 Å². The Hall–Kier alpha value is -4.21. The molecule has 0 heterocycles. The van der Waals surface area contributed by atoms with Gasteiger partial charge in [0.15, 0.2) is 5.84 Å². The van der Waals surface area contributed by atoms with E-state index in [0.717, 1.165) is 0 Å². The number of oxime groups is 1. The molecule has 2 aromatic rings. The average molecular weight is 462 g/mol. The van der Waals surface area contributed by atoms with Crippen LogP contribution in [0.2, 0.25) is 0 Å². The molecule has 178 valence electrons. The maximum Gasteiger partial charge on any atom is 0.245 e. The molecule has 2 aromatic carbocycles. The highest BCUT2D eigenvalue weighted by Crippen LogP contribution is 2.25. The molecule has 0 aliphatic heterocycles. The summed E-state index contributed by atoms with van der Waals surface area (Å²) in [6.07, 6.45) is -0.940. The minimum atomic E-state index is -0.940. The van der Waals surface area contributed by atoms with Crippen LogP contribution in [0.1, 0.15) is 11.1 Å². The fraction of sp³-hybridized carbons (Fsp3) is 0.286. The Labute approximate surface area is 190 Å². The molecule has 0 fully saturated rings. The number of nitriles is 1. The number of aromatic hydroxyl groups is 1. The van der Waals surface area contributed by atoms with Crippen LogP contribution >= 0.6 is 0 Å². The summed E-state index contributed by atoms with van der Waals surface area (Å²) in [5.74, 6) is 0.557. The van der Waals surface area contributed by atoms with Crippen molar-refractivity contribution in [3.8, 4) is 29.1 Å². The number of methoxy groups -OCH3 is 2. The summed E-state index contributed by atoms with van der Waals surface area (Å²) >= 11 is 0. The summed E-state index contributed by atoms with van der Waals surface area (Å²) in [6, 6.07) is 10.9. The van der Waals surface area contributed by atoms with E-state index in [1.165, 1.54) is 38.5 Å². The molecule has 0 saturated carbocycles. The zero-order valence-corrected chi connectivity index (χ0v) is 18.1. The fourth-order valence-corrected chi connectivity index (χ4v) is 2.34. The second-order valence-electron chi connectivity index (χ2n) is 6.27. The number of nitrogens with two attached hydrogens (primary N) is 1. The lowest BCUT2D eigenvalue weighted by molar-refractivity contribution is -0.124. The Kier molecular flexibility index (Phi) is 11.4. The van der Waals surface area contributed by atoms with E-state index in [9.17, 15) is 9.90 Å². The Bertz CT molecular complexity index is 991. The van der Waals surface area contributed by atoms with E-state index in [1.54, 1.807) is 12.1 Å². The van der Waals surface area contributed by atoms with E-state index in [2.05, 4.69) is 10.5 Å². The maximum atomic E-state index is 10.8. The highest BCUT2D eigenvalue weighted by Gasteiger charge is 2.11. The number of carbonyl (C=O) groups is 1. The third-order valence-electron chi connectivity index (χ3n) is 3.98. The average Bonchev–Trinajstić information content (AvgIpc) is 2.85. The Morgan fingerprint density at radius 3 is 2.48 bits per heavy atom. The van der Waals surface area contributed by atoms with Crippen molar-refractivity contribution in [3.63, 3.8) is 0 Å². The molecule has 0 saturated heterocycles. The first-order chi connectivity index (χ1) is 15.8. The van der Waals surface area contributed by atoms with Gasteiger partial charge < -0.3 is 45.8 Å². The van der Waals surface area contributed by atoms with Crippen LogP contribution in [0.15, 0.2) is 41.6 Å². The number of nitrogens with zero attached hydrogens (tertiary/aromatic N) is 2. The molecular weight excluding hydrogens is 436 g/mol. The van der Waals surface area contributed by atoms with Gasteiger partial charge in [0.2, 0.25) is 5.91 Å². The van der Waals surface area contributed by atoms with Gasteiger partial charge in [0, 0.05) is 18.7 Å². The molecule has 12 nitrogen and oxygen atoms in total. The van der Waals surface area contributed by atoms with Crippen LogP contribution in [0.5, 0.6) is 23.0 Å². The number of nitrogens with one attached hydrogen (secondary N) is 1. The Morgan fingerprint density at radius 2 is 1.91 bits per heavy atom. The third kappa shape index (κ3) is 8.82. The number of ether oxygens (including phenoxy) is 3. The quantitative estimate of drug-likeness (QED) is 0.127. The van der Waals surface area contributed by atoms with Gasteiger partial charge in [-0.15, -0.1) is 0 Å². The predicted octanol–water partition coefficient (Wildman–Crippen LogP) is -0.0896. The molecule has 0 spiro atoms. The summed E-state index contributed by atoms with van der Waals surface area (Å²) < 4.78 is 15.3. The summed E-state index contributed by atoms with van der Waals surface area (Å²) in [6.45, 7) is -0.753. The first kappa shape index (κ1) is 26.8. The molecular formula is C21H26N4O8. The zero-order chi connectivity index (χ0) is 24.8. The van der Waals surface area contributed by atoms with E-state index in [0.29, 0.717) is 28.4 Å². The molecule has 0 radical (unpaired) electrons. The van der Waals surface area contributed by atoms with Crippen LogP contribution in [0.25, 0.3) is 0 Å². The van der Waals surface area contributed by atoms with Gasteiger partial charge in [-0.1, -0.05) is 5.16 Å². The minimum absolute atomic E-state index is 0.0429. The van der Waals surface area contributed by atoms with Gasteiger partial charge in [-0.3, -0.25) is 4.79 Å². The van der Waals surface area contributed by atoms with Crippen molar-refractivity contribution < 1.29 is 39.5 Å². The van der Waals surface area contributed by atoms with Crippen molar-refractivity contribution in [1.82, 2.24) is 5.32 Å². The van der Waals surface area contributed by atoms with E-state index >= 15 is 0 Å². The summed E-state index contributed by atoms with van der Waals surface area (Å²) in [4.78, 5) is 10.8. The molecule has 12 heteroatoms. The van der Waals surface area contributed by atoms with Crippen LogP contribution in [0.4, 0.5) is 0 Å². The SMILES string of the molecule is COc1cc(O)ccc1C#N.COc1cc(OC[C@@H](O)CNC(=O)CO)ccc1C(N)=NO. The highest BCUT2D eigenvalue weighted by molar-refractivity contribution is 5.99. The molecule has 1 atom stereocenters. The normalized spacial score (nSPS) is 11.3. The largest absolute Gasteiger partial charge is 0.508 e. The second-order valence-corrected chi connectivity index (χ2v) is 6.27. The summed E-state index contributed by atoms with van der Waals surface area (Å²) in [5.41, 5.74) is 6.32. The zero-order valence-electron chi connectivity index (χ0n) is 18.1. The summed E-state index contributed by atoms with van der Waals surface area (Å²) in [7, 11) is 2.88. The van der Waals surface area contributed by atoms with Gasteiger partial charge in [0.25, 0.3) is 0 Å². The molecule has 2 rings (SSSR count). The highest BCUT2D eigenvalue weighted by atomic mass is 16.5. The number of amidine groups is 1. The number of amides is 1. The van der Waals surface area contributed by atoms with Crippen molar-refractivity contribution in [2.75, 3.05) is 34.0 Å². The van der Waals surface area contributed by atoms with E-state index in [4.69, 9.17) is 40.6 Å². The van der Waals surface area contributed by atoms with Crippen LogP contribution in [0.3, 0.4) is 0 Å². The summed E-state index contributed by atoms with van der Waals surface area (Å²) in [5, 5.41) is 49.5. The topological polar surface area (TPSA) is 200 Å². The first-order valence-corrected chi connectivity index (χ1v) is 9.41. The monoisotopic (exact) mass is 462 g/mol. The van der Waals surface area contributed by atoms with E-state index in [-0.39, 0.29) is 24.7 Å². The first-order valence-electron chi connectivity index (χ1n) is 9.41. The molecule has 33 heavy (non-hydrogen) atoms. The van der Waals surface area contributed by atoms with Gasteiger partial charge in [0.1, 0.15) is 48.4 Å². The van der Waals surface area contributed by atoms with E-state index < -0.39 is 18.6 Å². The fourth-order valence-electron chi connectivity index (χ4n) is 2.34. The van der Waals surface area contributed by atoms with Crippen molar-refractivity contribution in [2.45, 2.75) is 6.10 Å². The number of carbonyl (C=O) groups excluding carboxylic acids is 1. The molecule has 0 unspecified atom stereocenters. The second kappa shape index (κ2) is 14.0. The third-order valence-corrected chi connectivity index (χ3v) is 3.98. The Balaban J connectivity index is 0.000000412. The van der Waals surface area contributed by atoms with Crippen LogP contribution in [0, 0.1) is 11.3 Å². The molecule has 0 aliphatic carbocycles. The smallest absolute Gasteiger partial charge is 0.245 e. The van der Waals surface area contributed by atoms with E-state index in [1.807, 2.05) is 6.07 Å². The lowest BCUT2D eigenvalue weighted by Crippen LogP contribution is -2.36. The predicted molar refractivity (Wildman–Crippen MR) is 116 cm³/mol. The number of aliphatic hydroxyl groups excluding tert-OH is 2. The van der Waals surface area contributed by atoms with Crippen LogP contribution in [-0.2, 0) is 4.79 Å². The van der Waals surface area contributed by atoms with Gasteiger partial charge in [-0.2, -0.15) is 5.26 Å². The Morgan fingerprint density at radius 1 is 1.21 bits per heavy atom. The number of phenols is 1. The van der Waals surface area contributed by atoms with Crippen LogP contribution in [-0.4, -0.2) is 72.4 Å². The molecule has 0 bridgehead atoms. The lowest BCUT2D eigenvalue weighted by atomic mass is 10.2. The van der Waals surface area contributed by atoms with Crippen molar-refractivity contribution >= 4 is 11.7 Å². The van der Waals surface area contributed by atoms with Gasteiger partial charge in [-0.25, -0.2) is 0 Å². The van der Waals surface area contributed by atoms with Gasteiger partial charge >= 0.3 is 0 Å². The van der Waals surface area contributed by atoms with Gasteiger partial charge in [-0.05, 0) is 24.3 Å². The standard InChI is InChI=1S/C13H19N3O6.C8H7NO2/c1-21-11-4-9(2-3-10(11)13(14)16-20)22-7-8(18)5-15-12(19)6-17;1-11-8-4-7(10)3-2-6(8)5-9/h2-4,8,17-18,20H,5-7H2,1H3,(H2,14,16)(H,15,19);2-4,10H,1H3/t8-;/m0./s1. The van der Waals surface area contributed by atoms with Crippen molar-refractivity contribution in [3.05, 3.63) is 47.5 Å². The van der Waals surface area contributed by atoms with Gasteiger partial charge in [0.05, 0.1) is 25.3 Å². The number of rotatable bonds is 9. The number of benzene rings is 2.